The summed E-state index contributed by atoms with van der Waals surface area (Å²) in [6.45, 7) is 0. The van der Waals surface area contributed by atoms with E-state index in [-0.39, 0.29) is 24.4 Å². The maximum atomic E-state index is 11.5. The lowest BCUT2D eigenvalue weighted by atomic mass is 9.70. The van der Waals surface area contributed by atoms with Crippen molar-refractivity contribution >= 4 is 17.7 Å². The highest BCUT2D eigenvalue weighted by atomic mass is 16.4. The lowest BCUT2D eigenvalue weighted by Crippen LogP contribution is -2.49. The lowest BCUT2D eigenvalue weighted by Gasteiger charge is -2.37. The summed E-state index contributed by atoms with van der Waals surface area (Å²) in [6.07, 6.45) is 0.947. The highest BCUT2D eigenvalue weighted by Gasteiger charge is 2.40. The van der Waals surface area contributed by atoms with Crippen molar-refractivity contribution in [3.8, 4) is 0 Å². The monoisotopic (exact) mass is 250 g/mol. The fraction of sp³-hybridized carbons (Fsp3) is 0.417. The first-order valence-electron chi connectivity index (χ1n) is 5.47. The molecule has 6 nitrogen and oxygen atoms in total. The average molecular weight is 250 g/mol. The summed E-state index contributed by atoms with van der Waals surface area (Å²) < 4.78 is 5.07. The number of carbonyl (C=O) groups is 3. The van der Waals surface area contributed by atoms with Gasteiger partial charge in [-0.15, -0.1) is 0 Å². The Hall–Kier alpha value is -2.11. The molecule has 1 fully saturated rings. The summed E-state index contributed by atoms with van der Waals surface area (Å²) in [5, 5.41) is 22.1. The van der Waals surface area contributed by atoms with E-state index in [2.05, 4.69) is 0 Å². The second kappa shape index (κ2) is 4.64. The third kappa shape index (κ3) is 2.13. The molecule has 0 aliphatic heterocycles. The van der Waals surface area contributed by atoms with Crippen molar-refractivity contribution < 1.29 is 29.0 Å². The zero-order valence-corrected chi connectivity index (χ0v) is 9.33. The molecule has 1 heterocycles. The molecule has 0 saturated heterocycles. The number of hydrogen-bond acceptors (Lipinski definition) is 6. The molecule has 1 aromatic rings. The summed E-state index contributed by atoms with van der Waals surface area (Å²) in [7, 11) is 0. The largest absolute Gasteiger partial charge is 0.550 e. The van der Waals surface area contributed by atoms with E-state index in [0.717, 1.165) is 0 Å². The van der Waals surface area contributed by atoms with E-state index in [1.807, 2.05) is 0 Å². The standard InChI is InChI=1S/C12H12O6/c13-6-4-7(9-2-1-3-18-9)10(12(16)17)8(5-6)11(14)15/h1-3,7-8,10H,4-5H2,(H,14,15)(H,16,17)/p-2/t7-,8+,10-/m0/s1. The molecule has 0 aromatic carbocycles. The van der Waals surface area contributed by atoms with Gasteiger partial charge in [-0.1, -0.05) is 0 Å². The Morgan fingerprint density at radius 3 is 2.44 bits per heavy atom. The zero-order valence-electron chi connectivity index (χ0n) is 9.33. The Bertz CT molecular complexity index is 475. The molecule has 1 saturated carbocycles. The quantitative estimate of drug-likeness (QED) is 0.642. The molecule has 0 spiro atoms. The van der Waals surface area contributed by atoms with Gasteiger partial charge < -0.3 is 24.2 Å². The molecule has 6 heteroatoms. The van der Waals surface area contributed by atoms with Crippen molar-refractivity contribution in [2.45, 2.75) is 18.8 Å². The molecule has 0 unspecified atom stereocenters. The number of carbonyl (C=O) groups excluding carboxylic acids is 3. The van der Waals surface area contributed by atoms with Gasteiger partial charge in [0, 0.05) is 42.5 Å². The van der Waals surface area contributed by atoms with Gasteiger partial charge in [0.25, 0.3) is 0 Å². The molecule has 0 amide bonds. The summed E-state index contributed by atoms with van der Waals surface area (Å²) >= 11 is 0. The van der Waals surface area contributed by atoms with Crippen molar-refractivity contribution in [1.82, 2.24) is 0 Å². The molecule has 1 aliphatic rings. The summed E-state index contributed by atoms with van der Waals surface area (Å²) in [6, 6.07) is 3.07. The van der Waals surface area contributed by atoms with Gasteiger partial charge in [-0.25, -0.2) is 0 Å². The van der Waals surface area contributed by atoms with Gasteiger partial charge in [-0.2, -0.15) is 0 Å². The molecule has 96 valence electrons. The Balaban J connectivity index is 2.38. The summed E-state index contributed by atoms with van der Waals surface area (Å²) in [4.78, 5) is 33.6. The van der Waals surface area contributed by atoms with E-state index in [9.17, 15) is 24.6 Å². The van der Waals surface area contributed by atoms with Crippen LogP contribution in [0.4, 0.5) is 0 Å². The molecular formula is C12H10O6-2. The van der Waals surface area contributed by atoms with Crippen LogP contribution in [0.5, 0.6) is 0 Å². The molecular weight excluding hydrogens is 240 g/mol. The number of furan rings is 1. The van der Waals surface area contributed by atoms with E-state index in [0.29, 0.717) is 0 Å². The highest BCUT2D eigenvalue weighted by Crippen LogP contribution is 2.39. The number of aliphatic carboxylic acids is 2. The molecule has 0 N–H and O–H groups in total. The third-order valence-corrected chi connectivity index (χ3v) is 3.25. The van der Waals surface area contributed by atoms with E-state index in [4.69, 9.17) is 4.42 Å². The maximum Gasteiger partial charge on any atom is 0.134 e. The lowest BCUT2D eigenvalue weighted by molar-refractivity contribution is -0.328. The maximum absolute atomic E-state index is 11.5. The van der Waals surface area contributed by atoms with Crippen molar-refractivity contribution in [1.29, 1.82) is 0 Å². The second-order valence-electron chi connectivity index (χ2n) is 4.34. The molecule has 18 heavy (non-hydrogen) atoms. The number of ketones is 1. The summed E-state index contributed by atoms with van der Waals surface area (Å²) in [5.41, 5.74) is 0. The minimum absolute atomic E-state index is 0.0596. The van der Waals surface area contributed by atoms with Crippen LogP contribution in [0.25, 0.3) is 0 Å². The number of Topliss-reactive ketones (excluding diaryl/α,β-unsaturated/α-hetero) is 1. The van der Waals surface area contributed by atoms with Crippen LogP contribution < -0.4 is 10.2 Å². The smallest absolute Gasteiger partial charge is 0.134 e. The predicted octanol–water partition coefficient (Wildman–Crippen LogP) is -1.54. The number of rotatable bonds is 3. The second-order valence-corrected chi connectivity index (χ2v) is 4.34. The Labute approximate surface area is 102 Å². The van der Waals surface area contributed by atoms with Crippen molar-refractivity contribution in [3.05, 3.63) is 24.2 Å². The van der Waals surface area contributed by atoms with Gasteiger partial charge in [0.1, 0.15) is 11.5 Å². The Kier molecular flexibility index (Phi) is 3.18. The van der Waals surface area contributed by atoms with Crippen molar-refractivity contribution in [2.75, 3.05) is 0 Å². The SMILES string of the molecule is O=C1C[C@@H](C(=O)[O-])[C@@H](C(=O)[O-])[C@H](c2ccco2)C1. The molecule has 2 rings (SSSR count). The molecule has 3 atom stereocenters. The van der Waals surface area contributed by atoms with Gasteiger partial charge in [0.2, 0.25) is 0 Å². The van der Waals surface area contributed by atoms with Gasteiger partial charge >= 0.3 is 0 Å². The predicted molar refractivity (Wildman–Crippen MR) is 52.7 cm³/mol. The summed E-state index contributed by atoms with van der Waals surface area (Å²) in [5.74, 6) is -6.57. The van der Waals surface area contributed by atoms with Crippen LogP contribution in [0.2, 0.25) is 0 Å². The topological polar surface area (TPSA) is 110 Å². The molecule has 0 bridgehead atoms. The molecule has 1 aliphatic carbocycles. The van der Waals surface area contributed by atoms with E-state index in [1.54, 1.807) is 6.07 Å². The molecule has 1 aromatic heterocycles. The van der Waals surface area contributed by atoms with Crippen LogP contribution in [0, 0.1) is 11.8 Å². The first-order valence-corrected chi connectivity index (χ1v) is 5.47. The van der Waals surface area contributed by atoms with Gasteiger partial charge in [-0.05, 0) is 12.1 Å². The van der Waals surface area contributed by atoms with Crippen LogP contribution in [-0.2, 0) is 14.4 Å². The number of carboxylic acids is 2. The normalized spacial score (nSPS) is 28.0. The van der Waals surface area contributed by atoms with E-state index < -0.39 is 29.7 Å². The number of carboxylic acid groups (broad SMARTS) is 2. The van der Waals surface area contributed by atoms with Crippen LogP contribution in [-0.4, -0.2) is 17.7 Å². The van der Waals surface area contributed by atoms with E-state index in [1.165, 1.54) is 12.3 Å². The average Bonchev–Trinajstić information content (AvgIpc) is 2.80. The van der Waals surface area contributed by atoms with Gasteiger partial charge in [0.05, 0.1) is 6.26 Å². The third-order valence-electron chi connectivity index (χ3n) is 3.25. The minimum Gasteiger partial charge on any atom is -0.550 e. The highest BCUT2D eigenvalue weighted by molar-refractivity contribution is 5.90. The number of hydrogen-bond donors (Lipinski definition) is 0. The minimum atomic E-state index is -1.55. The van der Waals surface area contributed by atoms with Crippen molar-refractivity contribution in [2.24, 2.45) is 11.8 Å². The van der Waals surface area contributed by atoms with Crippen LogP contribution in [0.15, 0.2) is 22.8 Å². The van der Waals surface area contributed by atoms with Crippen LogP contribution >= 0.6 is 0 Å². The van der Waals surface area contributed by atoms with Crippen molar-refractivity contribution in [3.63, 3.8) is 0 Å². The van der Waals surface area contributed by atoms with Gasteiger partial charge in [-0.3, -0.25) is 4.79 Å². The van der Waals surface area contributed by atoms with Crippen LogP contribution in [0.3, 0.4) is 0 Å². The Morgan fingerprint density at radius 2 is 1.94 bits per heavy atom. The fourth-order valence-corrected chi connectivity index (χ4v) is 2.45. The van der Waals surface area contributed by atoms with E-state index >= 15 is 0 Å². The fourth-order valence-electron chi connectivity index (χ4n) is 2.45. The zero-order chi connectivity index (χ0) is 13.3. The van der Waals surface area contributed by atoms with Crippen LogP contribution in [0.1, 0.15) is 24.5 Å². The van der Waals surface area contributed by atoms with Gasteiger partial charge in [0.15, 0.2) is 0 Å². The first kappa shape index (κ1) is 12.3. The first-order chi connectivity index (χ1) is 8.50. The Morgan fingerprint density at radius 1 is 1.22 bits per heavy atom. The molecule has 0 radical (unpaired) electrons.